The van der Waals surface area contributed by atoms with Gasteiger partial charge < -0.3 is 10.3 Å². The van der Waals surface area contributed by atoms with Crippen LogP contribution in [0.2, 0.25) is 0 Å². The van der Waals surface area contributed by atoms with Gasteiger partial charge in [0.1, 0.15) is 11.0 Å². The zero-order valence-electron chi connectivity index (χ0n) is 20.1. The molecule has 37 heavy (non-hydrogen) atoms. The largest absolute Gasteiger partial charge is 0.335 e. The monoisotopic (exact) mass is 489 g/mol. The lowest BCUT2D eigenvalue weighted by molar-refractivity contribution is -0.116. The third kappa shape index (κ3) is 4.40. The Morgan fingerprint density at radius 3 is 2.68 bits per heavy atom. The standard InChI is InChI=1S/C27H23N9O/c1-2-3-6-23(37)31-18-10-17(12-29-13-18)20-7-8-21-25(32-20)26(36-35-21)27-33-22-15-30-14-19(24(22)34-27)16-5-4-9-28-11-16/h4-5,7-15H,2-3,6H2,1H3,(H,31,37)(H,33,34)(H,35,36). The summed E-state index contributed by atoms with van der Waals surface area (Å²) in [6.45, 7) is 2.06. The first-order valence-electron chi connectivity index (χ1n) is 12.0. The van der Waals surface area contributed by atoms with Gasteiger partial charge in [0.15, 0.2) is 11.5 Å². The molecule has 0 atom stereocenters. The molecule has 6 aromatic rings. The van der Waals surface area contributed by atoms with E-state index in [1.165, 1.54) is 0 Å². The molecule has 0 unspecified atom stereocenters. The van der Waals surface area contributed by atoms with Crippen LogP contribution < -0.4 is 5.32 Å². The van der Waals surface area contributed by atoms with Crippen molar-refractivity contribution in [3.8, 4) is 33.9 Å². The second-order valence-corrected chi connectivity index (χ2v) is 8.69. The Kier molecular flexibility index (Phi) is 5.81. The maximum absolute atomic E-state index is 12.2. The number of H-pyrrole nitrogens is 2. The third-order valence-electron chi connectivity index (χ3n) is 6.07. The second kappa shape index (κ2) is 9.57. The highest BCUT2D eigenvalue weighted by atomic mass is 16.1. The number of nitrogens with one attached hydrogen (secondary N) is 3. The molecule has 0 bridgehead atoms. The van der Waals surface area contributed by atoms with Gasteiger partial charge in [-0.25, -0.2) is 9.97 Å². The average molecular weight is 490 g/mol. The molecule has 0 aliphatic heterocycles. The molecule has 6 aromatic heterocycles. The summed E-state index contributed by atoms with van der Waals surface area (Å²) < 4.78 is 0. The molecule has 0 aromatic carbocycles. The number of anilines is 1. The van der Waals surface area contributed by atoms with Crippen molar-refractivity contribution in [2.45, 2.75) is 26.2 Å². The van der Waals surface area contributed by atoms with Crippen molar-refractivity contribution in [2.75, 3.05) is 5.32 Å². The normalized spacial score (nSPS) is 11.3. The fraction of sp³-hybridized carbons (Fsp3) is 0.148. The Hall–Kier alpha value is -4.99. The van der Waals surface area contributed by atoms with Crippen LogP contribution in [0.25, 0.3) is 56.0 Å². The van der Waals surface area contributed by atoms with Gasteiger partial charge in [-0.15, -0.1) is 0 Å². The topological polar surface area (TPSA) is 138 Å². The van der Waals surface area contributed by atoms with Crippen LogP contribution in [0.1, 0.15) is 26.2 Å². The molecule has 10 heteroatoms. The third-order valence-corrected chi connectivity index (χ3v) is 6.07. The molecular weight excluding hydrogens is 466 g/mol. The fourth-order valence-corrected chi connectivity index (χ4v) is 4.21. The van der Waals surface area contributed by atoms with E-state index in [1.807, 2.05) is 30.3 Å². The molecule has 0 spiro atoms. The Bertz CT molecular complexity index is 1720. The number of nitrogens with zero attached hydrogens (tertiary/aromatic N) is 6. The SMILES string of the molecule is CCCCC(=O)Nc1cncc(-c2ccc3[nH]nc(-c4nc5c(-c6cccnc6)cncc5[nH]4)c3n2)c1. The van der Waals surface area contributed by atoms with Crippen LogP contribution >= 0.6 is 0 Å². The highest BCUT2D eigenvalue weighted by Gasteiger charge is 2.17. The molecule has 0 saturated heterocycles. The maximum Gasteiger partial charge on any atom is 0.224 e. The van der Waals surface area contributed by atoms with E-state index in [0.29, 0.717) is 34.8 Å². The summed E-state index contributed by atoms with van der Waals surface area (Å²) in [6.07, 6.45) is 12.7. The summed E-state index contributed by atoms with van der Waals surface area (Å²) in [6, 6.07) is 9.55. The highest BCUT2D eigenvalue weighted by molar-refractivity contribution is 5.96. The molecule has 10 nitrogen and oxygen atoms in total. The van der Waals surface area contributed by atoms with Crippen LogP contribution in [0, 0.1) is 0 Å². The minimum atomic E-state index is -0.0219. The molecule has 182 valence electrons. The number of hydrogen-bond acceptors (Lipinski definition) is 7. The number of aromatic nitrogens is 8. The minimum absolute atomic E-state index is 0.0219. The smallest absolute Gasteiger partial charge is 0.224 e. The van der Waals surface area contributed by atoms with Gasteiger partial charge in [0.05, 0.1) is 34.8 Å². The van der Waals surface area contributed by atoms with Crippen molar-refractivity contribution >= 4 is 33.7 Å². The summed E-state index contributed by atoms with van der Waals surface area (Å²) >= 11 is 0. The number of carbonyl (C=O) groups is 1. The quantitative estimate of drug-likeness (QED) is 0.282. The van der Waals surface area contributed by atoms with E-state index in [1.54, 1.807) is 37.2 Å². The number of aromatic amines is 2. The van der Waals surface area contributed by atoms with Crippen molar-refractivity contribution in [2.24, 2.45) is 0 Å². The lowest BCUT2D eigenvalue weighted by Crippen LogP contribution is -2.11. The number of pyridine rings is 4. The van der Waals surface area contributed by atoms with Gasteiger partial charge in [0.2, 0.25) is 5.91 Å². The number of carbonyl (C=O) groups excluding carboxylic acids is 1. The predicted octanol–water partition coefficient (Wildman–Crippen LogP) is 5.15. The van der Waals surface area contributed by atoms with Crippen molar-refractivity contribution < 1.29 is 4.79 Å². The fourth-order valence-electron chi connectivity index (χ4n) is 4.21. The van der Waals surface area contributed by atoms with E-state index in [2.05, 4.69) is 42.4 Å². The lowest BCUT2D eigenvalue weighted by atomic mass is 10.1. The number of hydrogen-bond donors (Lipinski definition) is 3. The van der Waals surface area contributed by atoms with Crippen molar-refractivity contribution in [3.05, 3.63) is 67.5 Å². The molecule has 6 rings (SSSR count). The number of fused-ring (bicyclic) bond motifs is 2. The first-order chi connectivity index (χ1) is 18.2. The summed E-state index contributed by atoms with van der Waals surface area (Å²) in [4.78, 5) is 38.1. The molecule has 0 aliphatic carbocycles. The molecule has 0 radical (unpaired) electrons. The van der Waals surface area contributed by atoms with Gasteiger partial charge >= 0.3 is 0 Å². The molecular formula is C27H23N9O. The van der Waals surface area contributed by atoms with Crippen LogP contribution in [0.3, 0.4) is 0 Å². The van der Waals surface area contributed by atoms with E-state index < -0.39 is 0 Å². The number of rotatable bonds is 7. The van der Waals surface area contributed by atoms with Gasteiger partial charge in [-0.2, -0.15) is 5.10 Å². The zero-order chi connectivity index (χ0) is 25.2. The van der Waals surface area contributed by atoms with Crippen LogP contribution in [0.4, 0.5) is 5.69 Å². The number of imidazole rings is 1. The maximum atomic E-state index is 12.2. The number of amides is 1. The van der Waals surface area contributed by atoms with Crippen molar-refractivity contribution in [1.29, 1.82) is 0 Å². The Labute approximate surface area is 211 Å². The molecule has 0 aliphatic rings. The first kappa shape index (κ1) is 22.5. The van der Waals surface area contributed by atoms with Crippen LogP contribution in [-0.4, -0.2) is 46.0 Å². The molecule has 0 saturated carbocycles. The van der Waals surface area contributed by atoms with Gasteiger partial charge in [-0.05, 0) is 30.7 Å². The molecule has 1 amide bonds. The minimum Gasteiger partial charge on any atom is -0.335 e. The van der Waals surface area contributed by atoms with E-state index in [-0.39, 0.29) is 5.91 Å². The van der Waals surface area contributed by atoms with Gasteiger partial charge in [0, 0.05) is 47.9 Å². The van der Waals surface area contributed by atoms with Crippen LogP contribution in [0.5, 0.6) is 0 Å². The average Bonchev–Trinajstić information content (AvgIpc) is 3.56. The Morgan fingerprint density at radius 2 is 1.81 bits per heavy atom. The Morgan fingerprint density at radius 1 is 0.919 bits per heavy atom. The Balaban J connectivity index is 1.37. The van der Waals surface area contributed by atoms with E-state index in [4.69, 9.17) is 9.97 Å². The van der Waals surface area contributed by atoms with Crippen molar-refractivity contribution in [3.63, 3.8) is 0 Å². The predicted molar refractivity (Wildman–Crippen MR) is 141 cm³/mol. The first-order valence-corrected chi connectivity index (χ1v) is 12.0. The number of unbranched alkanes of at least 4 members (excludes halogenated alkanes) is 1. The summed E-state index contributed by atoms with van der Waals surface area (Å²) in [7, 11) is 0. The zero-order valence-corrected chi connectivity index (χ0v) is 20.1. The van der Waals surface area contributed by atoms with Crippen LogP contribution in [-0.2, 0) is 4.79 Å². The molecule has 0 fully saturated rings. The summed E-state index contributed by atoms with van der Waals surface area (Å²) in [5.41, 5.74) is 7.57. The van der Waals surface area contributed by atoms with E-state index in [9.17, 15) is 4.79 Å². The molecule has 3 N–H and O–H groups in total. The highest BCUT2D eigenvalue weighted by Crippen LogP contribution is 2.31. The second-order valence-electron chi connectivity index (χ2n) is 8.69. The van der Waals surface area contributed by atoms with Gasteiger partial charge in [0.25, 0.3) is 0 Å². The van der Waals surface area contributed by atoms with Gasteiger partial charge in [-0.3, -0.25) is 24.8 Å². The lowest BCUT2D eigenvalue weighted by Gasteiger charge is -2.07. The van der Waals surface area contributed by atoms with Crippen molar-refractivity contribution in [1.82, 2.24) is 40.1 Å². The van der Waals surface area contributed by atoms with Gasteiger partial charge in [-0.1, -0.05) is 19.4 Å². The van der Waals surface area contributed by atoms with E-state index >= 15 is 0 Å². The van der Waals surface area contributed by atoms with Crippen LogP contribution in [0.15, 0.2) is 67.5 Å². The molecule has 6 heterocycles. The summed E-state index contributed by atoms with van der Waals surface area (Å²) in [5, 5.41) is 10.5. The summed E-state index contributed by atoms with van der Waals surface area (Å²) in [5.74, 6) is 0.561. The van der Waals surface area contributed by atoms with E-state index in [0.717, 1.165) is 46.1 Å².